The zero-order chi connectivity index (χ0) is 17.2. The first-order valence-electron chi connectivity index (χ1n) is 6.93. The maximum Gasteiger partial charge on any atom is 0.301 e. The molecule has 120 valence electrons. The molecule has 1 unspecified atom stereocenters. The molecule has 1 fully saturated rings. The molecule has 1 saturated carbocycles. The molecule has 23 heavy (non-hydrogen) atoms. The molecule has 0 spiro atoms. The molecule has 9 nitrogen and oxygen atoms in total. The Kier molecular flexibility index (Phi) is 4.27. The number of nitro benzene ring substituents is 2. The number of anilines is 1. The predicted octanol–water partition coefficient (Wildman–Crippen LogP) is 3.23. The third-order valence-electron chi connectivity index (χ3n) is 3.92. The molecule has 1 aliphatic rings. The Morgan fingerprint density at radius 3 is 2.61 bits per heavy atom. The fourth-order valence-electron chi connectivity index (χ4n) is 2.60. The van der Waals surface area contributed by atoms with Gasteiger partial charge in [0.2, 0.25) is 0 Å². The minimum absolute atomic E-state index is 0.0486. The monoisotopic (exact) mass is 317 g/mol. The van der Waals surface area contributed by atoms with Crippen molar-refractivity contribution in [1.29, 1.82) is 5.26 Å². The predicted molar refractivity (Wildman–Crippen MR) is 82.9 cm³/mol. The standard InChI is InChI=1S/C14H15N5O4/c1-14(2)6-5-9(8-15)13(14)17-16-11-4-3-10(18(20)21)7-12(11)19(22)23/h3-4,7,9,16H,5-6H2,1-2H3. The number of nitrogens with zero attached hydrogens (tertiary/aromatic N) is 4. The normalized spacial score (nSPS) is 20.9. The summed E-state index contributed by atoms with van der Waals surface area (Å²) >= 11 is 0. The number of non-ortho nitro benzene ring substituents is 1. The van der Waals surface area contributed by atoms with E-state index in [1.54, 1.807) is 0 Å². The van der Waals surface area contributed by atoms with E-state index in [-0.39, 0.29) is 22.7 Å². The van der Waals surface area contributed by atoms with E-state index in [1.807, 2.05) is 13.8 Å². The van der Waals surface area contributed by atoms with E-state index in [0.29, 0.717) is 12.1 Å². The zero-order valence-electron chi connectivity index (χ0n) is 12.6. The third kappa shape index (κ3) is 3.26. The lowest BCUT2D eigenvalue weighted by molar-refractivity contribution is -0.393. The van der Waals surface area contributed by atoms with Crippen molar-refractivity contribution in [3.8, 4) is 6.07 Å². The molecule has 0 saturated heterocycles. The highest BCUT2D eigenvalue weighted by atomic mass is 16.6. The average Bonchev–Trinajstić information content (AvgIpc) is 2.78. The summed E-state index contributed by atoms with van der Waals surface area (Å²) in [6, 6.07) is 5.46. The molecule has 0 aliphatic heterocycles. The zero-order valence-corrected chi connectivity index (χ0v) is 12.6. The molecule has 0 radical (unpaired) electrons. The molecule has 0 amide bonds. The second kappa shape index (κ2) is 6.00. The molecule has 1 aliphatic carbocycles. The number of nitrogens with one attached hydrogen (secondary N) is 1. The van der Waals surface area contributed by atoms with Gasteiger partial charge in [-0.2, -0.15) is 10.4 Å². The minimum atomic E-state index is -0.711. The number of hydrogen-bond donors (Lipinski definition) is 1. The first kappa shape index (κ1) is 16.4. The summed E-state index contributed by atoms with van der Waals surface area (Å²) in [5.41, 5.74) is 2.19. The topological polar surface area (TPSA) is 134 Å². The second-order valence-electron chi connectivity index (χ2n) is 5.93. The highest BCUT2D eigenvalue weighted by Crippen LogP contribution is 2.38. The van der Waals surface area contributed by atoms with E-state index >= 15 is 0 Å². The van der Waals surface area contributed by atoms with E-state index in [9.17, 15) is 20.2 Å². The highest BCUT2D eigenvalue weighted by Gasteiger charge is 2.38. The van der Waals surface area contributed by atoms with E-state index in [1.165, 1.54) is 6.07 Å². The van der Waals surface area contributed by atoms with Crippen molar-refractivity contribution in [1.82, 2.24) is 0 Å². The Balaban J connectivity index is 2.37. The Bertz CT molecular complexity index is 735. The summed E-state index contributed by atoms with van der Waals surface area (Å²) in [7, 11) is 0. The van der Waals surface area contributed by atoms with Crippen molar-refractivity contribution in [2.75, 3.05) is 5.43 Å². The summed E-state index contributed by atoms with van der Waals surface area (Å²) in [6.45, 7) is 3.91. The second-order valence-corrected chi connectivity index (χ2v) is 5.93. The Hall–Kier alpha value is -3.02. The Morgan fingerprint density at radius 2 is 2.04 bits per heavy atom. The van der Waals surface area contributed by atoms with E-state index in [2.05, 4.69) is 16.6 Å². The van der Waals surface area contributed by atoms with E-state index in [4.69, 9.17) is 5.26 Å². The summed E-state index contributed by atoms with van der Waals surface area (Å²) in [5.74, 6) is -0.338. The van der Waals surface area contributed by atoms with Crippen LogP contribution in [0.2, 0.25) is 0 Å². The van der Waals surface area contributed by atoms with Gasteiger partial charge in [-0.3, -0.25) is 25.7 Å². The van der Waals surface area contributed by atoms with Crippen LogP contribution in [0, 0.1) is 42.9 Å². The highest BCUT2D eigenvalue weighted by molar-refractivity contribution is 5.96. The molecule has 0 bridgehead atoms. The summed E-state index contributed by atoms with van der Waals surface area (Å²) in [6.07, 6.45) is 1.49. The Morgan fingerprint density at radius 1 is 1.35 bits per heavy atom. The van der Waals surface area contributed by atoms with Crippen LogP contribution in [-0.4, -0.2) is 15.6 Å². The first-order chi connectivity index (χ1) is 10.8. The quantitative estimate of drug-likeness (QED) is 0.669. The van der Waals surface area contributed by atoms with Crippen LogP contribution in [-0.2, 0) is 0 Å². The van der Waals surface area contributed by atoms with Crippen LogP contribution in [0.4, 0.5) is 17.1 Å². The SMILES string of the molecule is CC1(C)CCC(C#N)C1=NNc1ccc([N+](=O)[O-])cc1[N+](=O)[O-]. The summed E-state index contributed by atoms with van der Waals surface area (Å²) < 4.78 is 0. The third-order valence-corrected chi connectivity index (χ3v) is 3.92. The summed E-state index contributed by atoms with van der Waals surface area (Å²) in [5, 5.41) is 35.2. The minimum Gasteiger partial charge on any atom is -0.272 e. The fourth-order valence-corrected chi connectivity index (χ4v) is 2.60. The van der Waals surface area contributed by atoms with Crippen LogP contribution in [0.1, 0.15) is 26.7 Å². The molecule has 1 atom stereocenters. The van der Waals surface area contributed by atoms with Crippen molar-refractivity contribution in [3.63, 3.8) is 0 Å². The molecule has 1 N–H and O–H groups in total. The van der Waals surface area contributed by atoms with Crippen LogP contribution in [0.3, 0.4) is 0 Å². The van der Waals surface area contributed by atoms with Crippen molar-refractivity contribution >= 4 is 22.8 Å². The number of nitriles is 1. The number of nitro groups is 2. The van der Waals surface area contributed by atoms with Gasteiger partial charge in [-0.05, 0) is 18.9 Å². The van der Waals surface area contributed by atoms with Gasteiger partial charge in [0, 0.05) is 11.5 Å². The van der Waals surface area contributed by atoms with Gasteiger partial charge in [0.25, 0.3) is 5.69 Å². The maximum absolute atomic E-state index is 11.1. The largest absolute Gasteiger partial charge is 0.301 e. The number of rotatable bonds is 4. The van der Waals surface area contributed by atoms with Crippen LogP contribution in [0.5, 0.6) is 0 Å². The van der Waals surface area contributed by atoms with Crippen molar-refractivity contribution in [2.24, 2.45) is 16.4 Å². The van der Waals surface area contributed by atoms with Crippen molar-refractivity contribution in [3.05, 3.63) is 38.4 Å². The molecule has 1 aromatic rings. The summed E-state index contributed by atoms with van der Waals surface area (Å²) in [4.78, 5) is 20.4. The molecule has 2 rings (SSSR count). The fraction of sp³-hybridized carbons (Fsp3) is 0.429. The van der Waals surface area contributed by atoms with Gasteiger partial charge in [-0.1, -0.05) is 13.8 Å². The van der Waals surface area contributed by atoms with E-state index in [0.717, 1.165) is 18.6 Å². The van der Waals surface area contributed by atoms with Crippen LogP contribution in [0.25, 0.3) is 0 Å². The maximum atomic E-state index is 11.1. The molecule has 1 aromatic carbocycles. The van der Waals surface area contributed by atoms with Gasteiger partial charge in [-0.15, -0.1) is 0 Å². The van der Waals surface area contributed by atoms with Gasteiger partial charge in [0.05, 0.1) is 33.6 Å². The van der Waals surface area contributed by atoms with Crippen molar-refractivity contribution < 1.29 is 9.85 Å². The average molecular weight is 317 g/mol. The first-order valence-corrected chi connectivity index (χ1v) is 6.93. The molecule has 9 heteroatoms. The number of hydrogen-bond acceptors (Lipinski definition) is 7. The van der Waals surface area contributed by atoms with Gasteiger partial charge < -0.3 is 0 Å². The lowest BCUT2D eigenvalue weighted by Gasteiger charge is -2.19. The van der Waals surface area contributed by atoms with Gasteiger partial charge in [-0.25, -0.2) is 0 Å². The number of hydrazone groups is 1. The Labute approximate surface area is 131 Å². The lowest BCUT2D eigenvalue weighted by atomic mass is 9.88. The van der Waals surface area contributed by atoms with Crippen LogP contribution >= 0.6 is 0 Å². The number of benzene rings is 1. The van der Waals surface area contributed by atoms with Crippen molar-refractivity contribution in [2.45, 2.75) is 26.7 Å². The lowest BCUT2D eigenvalue weighted by Crippen LogP contribution is -2.23. The van der Waals surface area contributed by atoms with Crippen LogP contribution in [0.15, 0.2) is 23.3 Å². The molecule has 0 heterocycles. The van der Waals surface area contributed by atoms with E-state index < -0.39 is 15.5 Å². The molecular formula is C14H15N5O4. The van der Waals surface area contributed by atoms with Gasteiger partial charge >= 0.3 is 5.69 Å². The van der Waals surface area contributed by atoms with Gasteiger partial charge in [0.1, 0.15) is 5.69 Å². The molecule has 0 aromatic heterocycles. The van der Waals surface area contributed by atoms with Gasteiger partial charge in [0.15, 0.2) is 0 Å². The molecular weight excluding hydrogens is 302 g/mol. The smallest absolute Gasteiger partial charge is 0.272 e. The van der Waals surface area contributed by atoms with Crippen LogP contribution < -0.4 is 5.43 Å².